The summed E-state index contributed by atoms with van der Waals surface area (Å²) in [6.45, 7) is 8.67. The summed E-state index contributed by atoms with van der Waals surface area (Å²) >= 11 is 0. The summed E-state index contributed by atoms with van der Waals surface area (Å²) in [6.07, 6.45) is 4.91. The van der Waals surface area contributed by atoms with E-state index in [0.29, 0.717) is 17.3 Å². The van der Waals surface area contributed by atoms with E-state index in [-0.39, 0.29) is 5.91 Å². The van der Waals surface area contributed by atoms with E-state index < -0.39 is 5.41 Å². The molecule has 27 heavy (non-hydrogen) atoms. The van der Waals surface area contributed by atoms with Crippen molar-refractivity contribution in [1.29, 1.82) is 5.26 Å². The lowest BCUT2D eigenvalue weighted by atomic mass is 9.96. The molecule has 1 aliphatic rings. The minimum Gasteiger partial charge on any atom is -0.367 e. The number of nitriles is 1. The van der Waals surface area contributed by atoms with Crippen molar-refractivity contribution in [2.75, 3.05) is 41.3 Å². The van der Waals surface area contributed by atoms with E-state index in [0.717, 1.165) is 31.9 Å². The molecule has 0 atom stereocenters. The van der Waals surface area contributed by atoms with Gasteiger partial charge in [-0.3, -0.25) is 4.79 Å². The number of amides is 1. The molecule has 1 aliphatic heterocycles. The Bertz CT molecular complexity index is 844. The maximum atomic E-state index is 12.0. The van der Waals surface area contributed by atoms with Gasteiger partial charge in [-0.15, -0.1) is 0 Å². The lowest BCUT2D eigenvalue weighted by Crippen LogP contribution is -2.47. The SMILES string of the molecule is CC(C)(C)C(=O)Nc1ccc(N2CCN(c3nccnc3C#N)CC2)cn1. The number of carbonyl (C=O) groups is 1. The van der Waals surface area contributed by atoms with Crippen LogP contribution in [0.2, 0.25) is 0 Å². The van der Waals surface area contributed by atoms with Crippen LogP contribution in [0.1, 0.15) is 26.5 Å². The average molecular weight is 365 g/mol. The summed E-state index contributed by atoms with van der Waals surface area (Å²) < 4.78 is 0. The highest BCUT2D eigenvalue weighted by Crippen LogP contribution is 2.22. The molecule has 0 saturated carbocycles. The predicted molar refractivity (Wildman–Crippen MR) is 103 cm³/mol. The van der Waals surface area contributed by atoms with E-state index in [1.807, 2.05) is 32.9 Å². The molecule has 0 radical (unpaired) electrons. The number of carbonyl (C=O) groups excluding carboxylic acids is 1. The first-order chi connectivity index (χ1) is 12.9. The van der Waals surface area contributed by atoms with Crippen LogP contribution in [0.4, 0.5) is 17.3 Å². The molecule has 8 heteroatoms. The van der Waals surface area contributed by atoms with Crippen LogP contribution in [-0.4, -0.2) is 47.0 Å². The second kappa shape index (κ2) is 7.58. The maximum absolute atomic E-state index is 12.0. The van der Waals surface area contributed by atoms with E-state index in [4.69, 9.17) is 0 Å². The minimum absolute atomic E-state index is 0.0615. The number of hydrogen-bond donors (Lipinski definition) is 1. The Kier molecular flexibility index (Phi) is 5.21. The molecule has 1 amide bonds. The van der Waals surface area contributed by atoms with Gasteiger partial charge in [0.2, 0.25) is 5.91 Å². The summed E-state index contributed by atoms with van der Waals surface area (Å²) in [5.74, 6) is 1.13. The van der Waals surface area contributed by atoms with E-state index in [2.05, 4.69) is 36.1 Å². The third kappa shape index (κ3) is 4.31. The van der Waals surface area contributed by atoms with Crippen LogP contribution < -0.4 is 15.1 Å². The van der Waals surface area contributed by atoms with Crippen molar-refractivity contribution in [1.82, 2.24) is 15.0 Å². The Morgan fingerprint density at radius 2 is 1.74 bits per heavy atom. The Morgan fingerprint density at radius 3 is 2.33 bits per heavy atom. The highest BCUT2D eigenvalue weighted by molar-refractivity contribution is 5.93. The van der Waals surface area contributed by atoms with Crippen molar-refractivity contribution < 1.29 is 4.79 Å². The monoisotopic (exact) mass is 365 g/mol. The first-order valence-electron chi connectivity index (χ1n) is 8.87. The smallest absolute Gasteiger partial charge is 0.230 e. The topological polar surface area (TPSA) is 98.0 Å². The lowest BCUT2D eigenvalue weighted by Gasteiger charge is -2.36. The molecule has 0 bridgehead atoms. The molecule has 8 nitrogen and oxygen atoms in total. The molecule has 2 aromatic heterocycles. The fourth-order valence-corrected chi connectivity index (χ4v) is 2.77. The van der Waals surface area contributed by atoms with Gasteiger partial charge in [0.05, 0.1) is 11.9 Å². The quantitative estimate of drug-likeness (QED) is 0.889. The summed E-state index contributed by atoms with van der Waals surface area (Å²) in [6, 6.07) is 5.88. The highest BCUT2D eigenvalue weighted by Gasteiger charge is 2.23. The van der Waals surface area contributed by atoms with E-state index >= 15 is 0 Å². The molecule has 0 aromatic carbocycles. The van der Waals surface area contributed by atoms with Gasteiger partial charge in [0.25, 0.3) is 0 Å². The van der Waals surface area contributed by atoms with Crippen LogP contribution >= 0.6 is 0 Å². The van der Waals surface area contributed by atoms with Crippen LogP contribution in [0, 0.1) is 16.7 Å². The molecule has 3 heterocycles. The number of anilines is 3. The van der Waals surface area contributed by atoms with Crippen LogP contribution in [0.25, 0.3) is 0 Å². The molecule has 1 N–H and O–H groups in total. The van der Waals surface area contributed by atoms with Gasteiger partial charge < -0.3 is 15.1 Å². The van der Waals surface area contributed by atoms with Gasteiger partial charge in [-0.2, -0.15) is 5.26 Å². The van der Waals surface area contributed by atoms with Crippen LogP contribution in [0.15, 0.2) is 30.7 Å². The molecular formula is C19H23N7O. The molecular weight excluding hydrogens is 342 g/mol. The highest BCUT2D eigenvalue weighted by atomic mass is 16.2. The number of nitrogens with zero attached hydrogens (tertiary/aromatic N) is 6. The summed E-state index contributed by atoms with van der Waals surface area (Å²) in [7, 11) is 0. The van der Waals surface area contributed by atoms with E-state index in [1.54, 1.807) is 12.4 Å². The number of piperazine rings is 1. The summed E-state index contributed by atoms with van der Waals surface area (Å²) in [5.41, 5.74) is 0.897. The van der Waals surface area contributed by atoms with Crippen molar-refractivity contribution in [3.05, 3.63) is 36.4 Å². The van der Waals surface area contributed by atoms with Gasteiger partial charge in [-0.1, -0.05) is 20.8 Å². The summed E-state index contributed by atoms with van der Waals surface area (Å²) in [4.78, 5) is 29.1. The molecule has 0 spiro atoms. The maximum Gasteiger partial charge on any atom is 0.230 e. The Hall–Kier alpha value is -3.21. The van der Waals surface area contributed by atoms with Crippen molar-refractivity contribution in [3.63, 3.8) is 0 Å². The van der Waals surface area contributed by atoms with Crippen molar-refractivity contribution in [2.24, 2.45) is 5.41 Å². The zero-order valence-corrected chi connectivity index (χ0v) is 15.8. The third-order valence-corrected chi connectivity index (χ3v) is 4.40. The third-order valence-electron chi connectivity index (χ3n) is 4.40. The molecule has 0 unspecified atom stereocenters. The molecule has 3 rings (SSSR count). The first-order valence-corrected chi connectivity index (χ1v) is 8.87. The number of hydrogen-bond acceptors (Lipinski definition) is 7. The van der Waals surface area contributed by atoms with Gasteiger partial charge in [0.1, 0.15) is 11.9 Å². The Balaban J connectivity index is 1.61. The minimum atomic E-state index is -0.459. The van der Waals surface area contributed by atoms with Crippen molar-refractivity contribution in [2.45, 2.75) is 20.8 Å². The molecule has 1 fully saturated rings. The molecule has 2 aromatic rings. The normalized spacial score (nSPS) is 14.6. The number of nitrogens with one attached hydrogen (secondary N) is 1. The molecule has 140 valence electrons. The largest absolute Gasteiger partial charge is 0.367 e. The van der Waals surface area contributed by atoms with E-state index in [1.165, 1.54) is 6.20 Å². The predicted octanol–water partition coefficient (Wildman–Crippen LogP) is 2.05. The van der Waals surface area contributed by atoms with Crippen LogP contribution in [-0.2, 0) is 4.79 Å². The Labute approximate surface area is 158 Å². The molecule has 1 saturated heterocycles. The number of aromatic nitrogens is 3. The van der Waals surface area contributed by atoms with Gasteiger partial charge in [-0.25, -0.2) is 15.0 Å². The van der Waals surface area contributed by atoms with Crippen LogP contribution in [0.5, 0.6) is 0 Å². The van der Waals surface area contributed by atoms with Gasteiger partial charge in [-0.05, 0) is 12.1 Å². The Morgan fingerprint density at radius 1 is 1.07 bits per heavy atom. The zero-order chi connectivity index (χ0) is 19.4. The fraction of sp³-hybridized carbons (Fsp3) is 0.421. The zero-order valence-electron chi connectivity index (χ0n) is 15.8. The standard InChI is InChI=1S/C19H23N7O/c1-19(2,3)18(27)24-16-5-4-14(13-23-16)25-8-10-26(11-9-25)17-15(12-20)21-6-7-22-17/h4-7,13H,8-11H2,1-3H3,(H,23,24,27). The number of rotatable bonds is 3. The second-order valence-electron chi connectivity index (χ2n) is 7.42. The van der Waals surface area contributed by atoms with Gasteiger partial charge in [0.15, 0.2) is 11.5 Å². The van der Waals surface area contributed by atoms with E-state index in [9.17, 15) is 10.1 Å². The number of pyridine rings is 1. The fourth-order valence-electron chi connectivity index (χ4n) is 2.77. The summed E-state index contributed by atoms with van der Waals surface area (Å²) in [5, 5.41) is 12.0. The van der Waals surface area contributed by atoms with Gasteiger partial charge in [0, 0.05) is 44.0 Å². The molecule has 0 aliphatic carbocycles. The second-order valence-corrected chi connectivity index (χ2v) is 7.42. The van der Waals surface area contributed by atoms with Crippen LogP contribution in [0.3, 0.4) is 0 Å². The first kappa shape index (κ1) is 18.6. The van der Waals surface area contributed by atoms with Gasteiger partial charge >= 0.3 is 0 Å². The van der Waals surface area contributed by atoms with Crippen molar-refractivity contribution in [3.8, 4) is 6.07 Å². The average Bonchev–Trinajstić information content (AvgIpc) is 2.68. The van der Waals surface area contributed by atoms with Crippen molar-refractivity contribution >= 4 is 23.2 Å². The lowest BCUT2D eigenvalue weighted by molar-refractivity contribution is -0.123.